The number of carbonyl (C=O) groups excluding carboxylic acids is 1. The molecular weight excluding hydrogens is 256 g/mol. The van der Waals surface area contributed by atoms with Gasteiger partial charge in [0.25, 0.3) is 5.91 Å². The summed E-state index contributed by atoms with van der Waals surface area (Å²) in [5.41, 5.74) is 2.41. The molecule has 2 aromatic rings. The van der Waals surface area contributed by atoms with Crippen LogP contribution in [0, 0.1) is 12.8 Å². The molecule has 0 spiro atoms. The maximum Gasteiger partial charge on any atom is 0.250 e. The molecule has 19 heavy (non-hydrogen) atoms. The molecular formula is C15H20N2OS. The quantitative estimate of drug-likeness (QED) is 0.844. The average molecular weight is 276 g/mol. The zero-order chi connectivity index (χ0) is 14.0. The Morgan fingerprint density at radius 2 is 2.16 bits per heavy atom. The van der Waals surface area contributed by atoms with Crippen molar-refractivity contribution in [2.75, 3.05) is 0 Å². The van der Waals surface area contributed by atoms with Gasteiger partial charge >= 0.3 is 0 Å². The number of aryl methyl sites for hydroxylation is 2. The SMILES string of the molecule is CCCn1c(=NC(=O)C(C)C)sc2cc(C)ccc21. The summed E-state index contributed by atoms with van der Waals surface area (Å²) in [5, 5.41) is 0. The lowest BCUT2D eigenvalue weighted by molar-refractivity contribution is -0.120. The fourth-order valence-electron chi connectivity index (χ4n) is 1.93. The number of hydrogen-bond donors (Lipinski definition) is 0. The van der Waals surface area contributed by atoms with E-state index in [9.17, 15) is 4.79 Å². The number of carbonyl (C=O) groups is 1. The maximum atomic E-state index is 11.8. The molecule has 0 fully saturated rings. The predicted octanol–water partition coefficient (Wildman–Crippen LogP) is 3.50. The zero-order valence-electron chi connectivity index (χ0n) is 11.9. The van der Waals surface area contributed by atoms with Crippen molar-refractivity contribution in [3.8, 4) is 0 Å². The molecule has 0 aliphatic rings. The molecule has 0 aliphatic carbocycles. The van der Waals surface area contributed by atoms with Gasteiger partial charge in [-0.1, -0.05) is 38.2 Å². The van der Waals surface area contributed by atoms with Crippen LogP contribution in [-0.4, -0.2) is 10.5 Å². The zero-order valence-corrected chi connectivity index (χ0v) is 12.8. The minimum absolute atomic E-state index is 0.0480. The molecule has 2 rings (SSSR count). The Kier molecular flexibility index (Phi) is 4.20. The molecule has 3 nitrogen and oxygen atoms in total. The molecule has 0 N–H and O–H groups in total. The van der Waals surface area contributed by atoms with E-state index in [1.807, 2.05) is 13.8 Å². The molecule has 4 heteroatoms. The molecule has 1 amide bonds. The van der Waals surface area contributed by atoms with Gasteiger partial charge < -0.3 is 4.57 Å². The van der Waals surface area contributed by atoms with Crippen LogP contribution in [0.2, 0.25) is 0 Å². The van der Waals surface area contributed by atoms with Gasteiger partial charge in [-0.05, 0) is 31.0 Å². The lowest BCUT2D eigenvalue weighted by atomic mass is 10.2. The van der Waals surface area contributed by atoms with E-state index >= 15 is 0 Å². The normalized spacial score (nSPS) is 12.6. The number of aromatic nitrogens is 1. The summed E-state index contributed by atoms with van der Waals surface area (Å²) in [7, 11) is 0. The van der Waals surface area contributed by atoms with Gasteiger partial charge in [0.15, 0.2) is 4.80 Å². The topological polar surface area (TPSA) is 34.4 Å². The Labute approximate surface area is 117 Å². The Balaban J connectivity index is 2.65. The molecule has 0 saturated carbocycles. The van der Waals surface area contributed by atoms with E-state index in [0.29, 0.717) is 0 Å². The van der Waals surface area contributed by atoms with E-state index in [4.69, 9.17) is 0 Å². The minimum Gasteiger partial charge on any atom is -0.316 e. The summed E-state index contributed by atoms with van der Waals surface area (Å²) >= 11 is 1.60. The highest BCUT2D eigenvalue weighted by Gasteiger charge is 2.09. The van der Waals surface area contributed by atoms with Crippen LogP contribution in [0.25, 0.3) is 10.2 Å². The number of rotatable bonds is 3. The first-order valence-corrected chi connectivity index (χ1v) is 7.53. The molecule has 0 unspecified atom stereocenters. The standard InChI is InChI=1S/C15H20N2OS/c1-5-8-17-12-7-6-11(4)9-13(12)19-15(17)16-14(18)10(2)3/h6-7,9-10H,5,8H2,1-4H3. The van der Waals surface area contributed by atoms with Gasteiger partial charge in [0.2, 0.25) is 0 Å². The number of amides is 1. The van der Waals surface area contributed by atoms with Gasteiger partial charge in [0.1, 0.15) is 0 Å². The third-order valence-electron chi connectivity index (χ3n) is 2.99. The van der Waals surface area contributed by atoms with Gasteiger partial charge in [0, 0.05) is 12.5 Å². The summed E-state index contributed by atoms with van der Waals surface area (Å²) in [6.45, 7) is 8.88. The first-order valence-electron chi connectivity index (χ1n) is 6.71. The van der Waals surface area contributed by atoms with Crippen molar-refractivity contribution in [2.45, 2.75) is 40.7 Å². The number of hydrogen-bond acceptors (Lipinski definition) is 2. The Morgan fingerprint density at radius 1 is 1.42 bits per heavy atom. The average Bonchev–Trinajstić information content (AvgIpc) is 2.67. The van der Waals surface area contributed by atoms with E-state index < -0.39 is 0 Å². The second-order valence-electron chi connectivity index (χ2n) is 5.11. The molecule has 1 aromatic heterocycles. The smallest absolute Gasteiger partial charge is 0.250 e. The fraction of sp³-hybridized carbons (Fsp3) is 0.467. The van der Waals surface area contributed by atoms with E-state index in [1.54, 1.807) is 11.3 Å². The largest absolute Gasteiger partial charge is 0.316 e. The third-order valence-corrected chi connectivity index (χ3v) is 4.03. The molecule has 0 atom stereocenters. The van der Waals surface area contributed by atoms with Crippen LogP contribution in [0.5, 0.6) is 0 Å². The van der Waals surface area contributed by atoms with Crippen LogP contribution in [0.15, 0.2) is 23.2 Å². The van der Waals surface area contributed by atoms with Gasteiger partial charge in [0.05, 0.1) is 10.2 Å². The Bertz CT molecular complexity index is 664. The highest BCUT2D eigenvalue weighted by molar-refractivity contribution is 7.16. The number of fused-ring (bicyclic) bond motifs is 1. The van der Waals surface area contributed by atoms with E-state index in [-0.39, 0.29) is 11.8 Å². The predicted molar refractivity (Wildman–Crippen MR) is 80.3 cm³/mol. The molecule has 0 radical (unpaired) electrons. The molecule has 102 valence electrons. The van der Waals surface area contributed by atoms with Crippen molar-refractivity contribution in [1.82, 2.24) is 4.57 Å². The second kappa shape index (κ2) is 5.70. The van der Waals surface area contributed by atoms with Gasteiger partial charge in [-0.25, -0.2) is 0 Å². The lowest BCUT2D eigenvalue weighted by Crippen LogP contribution is -2.18. The van der Waals surface area contributed by atoms with Crippen LogP contribution >= 0.6 is 11.3 Å². The van der Waals surface area contributed by atoms with Crippen molar-refractivity contribution in [3.63, 3.8) is 0 Å². The summed E-state index contributed by atoms with van der Waals surface area (Å²) < 4.78 is 3.35. The number of benzene rings is 1. The molecule has 1 aromatic carbocycles. The maximum absolute atomic E-state index is 11.8. The van der Waals surface area contributed by atoms with E-state index in [1.165, 1.54) is 15.8 Å². The first-order chi connectivity index (χ1) is 9.02. The molecule has 0 saturated heterocycles. The lowest BCUT2D eigenvalue weighted by Gasteiger charge is -2.03. The number of thiazole rings is 1. The highest BCUT2D eigenvalue weighted by atomic mass is 32.1. The molecule has 0 bridgehead atoms. The van der Waals surface area contributed by atoms with Crippen LogP contribution in [0.4, 0.5) is 0 Å². The second-order valence-corrected chi connectivity index (χ2v) is 6.12. The monoisotopic (exact) mass is 276 g/mol. The third kappa shape index (κ3) is 2.95. The van der Waals surface area contributed by atoms with Crippen molar-refractivity contribution in [2.24, 2.45) is 10.9 Å². The molecule has 1 heterocycles. The van der Waals surface area contributed by atoms with Gasteiger partial charge in [-0.15, -0.1) is 0 Å². The molecule has 0 aliphatic heterocycles. The highest BCUT2D eigenvalue weighted by Crippen LogP contribution is 2.19. The van der Waals surface area contributed by atoms with Crippen LogP contribution in [-0.2, 0) is 11.3 Å². The van der Waals surface area contributed by atoms with Crippen LogP contribution < -0.4 is 4.80 Å². The van der Waals surface area contributed by atoms with Crippen molar-refractivity contribution < 1.29 is 4.79 Å². The summed E-state index contributed by atoms with van der Waals surface area (Å²) in [4.78, 5) is 16.9. The summed E-state index contributed by atoms with van der Waals surface area (Å²) in [6, 6.07) is 6.38. The summed E-state index contributed by atoms with van der Waals surface area (Å²) in [6.07, 6.45) is 1.03. The fourth-order valence-corrected chi connectivity index (χ4v) is 3.09. The first kappa shape index (κ1) is 14.0. The van der Waals surface area contributed by atoms with Crippen LogP contribution in [0.1, 0.15) is 32.8 Å². The van der Waals surface area contributed by atoms with Crippen molar-refractivity contribution in [3.05, 3.63) is 28.6 Å². The van der Waals surface area contributed by atoms with Gasteiger partial charge in [-0.2, -0.15) is 4.99 Å². The Hall–Kier alpha value is -1.42. The van der Waals surface area contributed by atoms with E-state index in [0.717, 1.165) is 17.8 Å². The van der Waals surface area contributed by atoms with Crippen molar-refractivity contribution >= 4 is 27.5 Å². The Morgan fingerprint density at radius 3 is 2.79 bits per heavy atom. The summed E-state index contributed by atoms with van der Waals surface area (Å²) in [5.74, 6) is -0.102. The van der Waals surface area contributed by atoms with Crippen molar-refractivity contribution in [1.29, 1.82) is 0 Å². The van der Waals surface area contributed by atoms with Gasteiger partial charge in [-0.3, -0.25) is 4.79 Å². The van der Waals surface area contributed by atoms with E-state index in [2.05, 4.69) is 41.6 Å². The van der Waals surface area contributed by atoms with Crippen LogP contribution in [0.3, 0.4) is 0 Å². The number of nitrogens with zero attached hydrogens (tertiary/aromatic N) is 2. The minimum atomic E-state index is -0.0537.